The molecular formula is C24H26BrN3O4. The molecule has 0 radical (unpaired) electrons. The normalized spacial score (nSPS) is 17.9. The van der Waals surface area contributed by atoms with Crippen LogP contribution < -0.4 is 10.6 Å². The highest BCUT2D eigenvalue weighted by molar-refractivity contribution is 9.10. The second kappa shape index (κ2) is 10.1. The Bertz CT molecular complexity index is 1020. The Balaban J connectivity index is 1.64. The summed E-state index contributed by atoms with van der Waals surface area (Å²) < 4.78 is 0.856. The number of urea groups is 1. The summed E-state index contributed by atoms with van der Waals surface area (Å²) in [6.07, 6.45) is 3.34. The van der Waals surface area contributed by atoms with Gasteiger partial charge in [-0.1, -0.05) is 47.8 Å². The highest BCUT2D eigenvalue weighted by Gasteiger charge is 2.49. The van der Waals surface area contributed by atoms with Crippen molar-refractivity contribution in [1.29, 1.82) is 0 Å². The zero-order chi connectivity index (χ0) is 23.3. The molecule has 0 saturated carbocycles. The minimum atomic E-state index is -1.23. The average Bonchev–Trinajstić information content (AvgIpc) is 2.98. The number of unbranched alkanes of at least 4 members (excludes halogenated alkanes) is 2. The number of nitrogens with one attached hydrogen (secondary N) is 2. The maximum Gasteiger partial charge on any atom is 0.325 e. The Morgan fingerprint density at radius 2 is 1.69 bits per heavy atom. The molecular weight excluding hydrogens is 474 g/mol. The molecule has 1 atom stereocenters. The highest BCUT2D eigenvalue weighted by atomic mass is 79.9. The molecule has 168 valence electrons. The molecule has 2 N–H and O–H groups in total. The van der Waals surface area contributed by atoms with Crippen LogP contribution in [0, 0.1) is 0 Å². The number of amides is 4. The number of halogens is 1. The molecule has 1 fully saturated rings. The summed E-state index contributed by atoms with van der Waals surface area (Å²) in [4.78, 5) is 51.1. The van der Waals surface area contributed by atoms with Crippen LogP contribution in [0.5, 0.6) is 0 Å². The molecule has 0 spiro atoms. The third-order valence-corrected chi connectivity index (χ3v) is 6.02. The van der Waals surface area contributed by atoms with Gasteiger partial charge in [0.1, 0.15) is 5.54 Å². The SMILES string of the molecule is CCCCCC(=O)Nc1ccc(C(=O)CN2C(=O)NC(C)(c3ccc(Br)cc3)C2=O)cc1. The first kappa shape index (κ1) is 23.7. The Hall–Kier alpha value is -3.00. The first-order valence-electron chi connectivity index (χ1n) is 10.6. The van der Waals surface area contributed by atoms with Gasteiger partial charge in [-0.05, 0) is 55.3 Å². The zero-order valence-electron chi connectivity index (χ0n) is 18.1. The molecule has 2 aromatic rings. The number of anilines is 1. The molecule has 0 aromatic heterocycles. The number of Topliss-reactive ketones (excluding diaryl/α,β-unsaturated/α-hetero) is 1. The minimum absolute atomic E-state index is 0.0657. The predicted octanol–water partition coefficient (Wildman–Crippen LogP) is 4.62. The summed E-state index contributed by atoms with van der Waals surface area (Å²) in [6.45, 7) is 3.34. The number of benzene rings is 2. The lowest BCUT2D eigenvalue weighted by atomic mass is 9.92. The first-order chi connectivity index (χ1) is 15.2. The lowest BCUT2D eigenvalue weighted by Gasteiger charge is -2.22. The van der Waals surface area contributed by atoms with E-state index in [9.17, 15) is 19.2 Å². The van der Waals surface area contributed by atoms with E-state index < -0.39 is 17.5 Å². The largest absolute Gasteiger partial charge is 0.326 e. The number of hydrogen-bond donors (Lipinski definition) is 2. The monoisotopic (exact) mass is 499 g/mol. The fourth-order valence-electron chi connectivity index (χ4n) is 3.55. The van der Waals surface area contributed by atoms with E-state index in [-0.39, 0.29) is 18.2 Å². The summed E-state index contributed by atoms with van der Waals surface area (Å²) in [5, 5.41) is 5.50. The third-order valence-electron chi connectivity index (χ3n) is 5.50. The third kappa shape index (κ3) is 5.24. The summed E-state index contributed by atoms with van der Waals surface area (Å²) >= 11 is 3.35. The van der Waals surface area contributed by atoms with Crippen LogP contribution in [0.2, 0.25) is 0 Å². The van der Waals surface area contributed by atoms with Gasteiger partial charge in [0.15, 0.2) is 5.78 Å². The number of hydrogen-bond acceptors (Lipinski definition) is 4. The highest BCUT2D eigenvalue weighted by Crippen LogP contribution is 2.30. The van der Waals surface area contributed by atoms with Crippen molar-refractivity contribution in [3.63, 3.8) is 0 Å². The number of nitrogens with zero attached hydrogens (tertiary/aromatic N) is 1. The number of imide groups is 1. The predicted molar refractivity (Wildman–Crippen MR) is 125 cm³/mol. The van der Waals surface area contributed by atoms with Crippen molar-refractivity contribution in [1.82, 2.24) is 10.2 Å². The van der Waals surface area contributed by atoms with Crippen LogP contribution in [0.3, 0.4) is 0 Å². The van der Waals surface area contributed by atoms with Gasteiger partial charge in [0.2, 0.25) is 5.91 Å². The molecule has 1 aliphatic rings. The van der Waals surface area contributed by atoms with E-state index in [1.165, 1.54) is 0 Å². The van der Waals surface area contributed by atoms with E-state index >= 15 is 0 Å². The molecule has 1 heterocycles. The van der Waals surface area contributed by atoms with Crippen LogP contribution in [0.1, 0.15) is 55.5 Å². The van der Waals surface area contributed by atoms with E-state index in [1.54, 1.807) is 55.5 Å². The van der Waals surface area contributed by atoms with E-state index in [4.69, 9.17) is 0 Å². The van der Waals surface area contributed by atoms with Crippen LogP contribution in [0.4, 0.5) is 10.5 Å². The molecule has 8 heteroatoms. The van der Waals surface area contributed by atoms with Gasteiger partial charge in [0, 0.05) is 22.1 Å². The standard InChI is InChI=1S/C24H26BrN3O4/c1-3-4-5-6-21(30)26-19-13-7-16(8-14-19)20(29)15-28-22(31)24(2,27-23(28)32)17-9-11-18(25)12-10-17/h7-14H,3-6,15H2,1-2H3,(H,26,30)(H,27,32). The average molecular weight is 500 g/mol. The fraction of sp³-hybridized carbons (Fsp3) is 0.333. The van der Waals surface area contributed by atoms with Crippen molar-refractivity contribution in [2.24, 2.45) is 0 Å². The van der Waals surface area contributed by atoms with Crippen LogP contribution in [-0.2, 0) is 15.1 Å². The lowest BCUT2D eigenvalue weighted by Crippen LogP contribution is -2.41. The first-order valence-corrected chi connectivity index (χ1v) is 11.4. The Morgan fingerprint density at radius 1 is 1.03 bits per heavy atom. The number of rotatable bonds is 9. The molecule has 2 aromatic carbocycles. The van der Waals surface area contributed by atoms with Crippen molar-refractivity contribution in [3.05, 3.63) is 64.1 Å². The van der Waals surface area contributed by atoms with Gasteiger partial charge in [-0.15, -0.1) is 0 Å². The van der Waals surface area contributed by atoms with Crippen molar-refractivity contribution in [2.45, 2.75) is 45.1 Å². The van der Waals surface area contributed by atoms with E-state index in [0.29, 0.717) is 23.2 Å². The van der Waals surface area contributed by atoms with Crippen molar-refractivity contribution >= 4 is 45.2 Å². The second-order valence-corrected chi connectivity index (χ2v) is 8.87. The maximum absolute atomic E-state index is 13.0. The zero-order valence-corrected chi connectivity index (χ0v) is 19.7. The number of carbonyl (C=O) groups is 4. The molecule has 4 amide bonds. The van der Waals surface area contributed by atoms with Crippen molar-refractivity contribution in [2.75, 3.05) is 11.9 Å². The van der Waals surface area contributed by atoms with Crippen LogP contribution in [0.25, 0.3) is 0 Å². The molecule has 1 aliphatic heterocycles. The molecule has 3 rings (SSSR count). The van der Waals surface area contributed by atoms with Gasteiger partial charge in [-0.3, -0.25) is 19.3 Å². The van der Waals surface area contributed by atoms with Gasteiger partial charge in [-0.25, -0.2) is 4.79 Å². The molecule has 1 saturated heterocycles. The van der Waals surface area contributed by atoms with Gasteiger partial charge in [-0.2, -0.15) is 0 Å². The van der Waals surface area contributed by atoms with Crippen LogP contribution >= 0.6 is 15.9 Å². The molecule has 0 aliphatic carbocycles. The van der Waals surface area contributed by atoms with Crippen LogP contribution in [0.15, 0.2) is 53.0 Å². The maximum atomic E-state index is 13.0. The van der Waals surface area contributed by atoms with Gasteiger partial charge < -0.3 is 10.6 Å². The quantitative estimate of drug-likeness (QED) is 0.299. The topological polar surface area (TPSA) is 95.6 Å². The summed E-state index contributed by atoms with van der Waals surface area (Å²) in [5.74, 6) is -0.910. The molecule has 7 nitrogen and oxygen atoms in total. The van der Waals surface area contributed by atoms with Gasteiger partial charge in [0.25, 0.3) is 5.91 Å². The Morgan fingerprint density at radius 3 is 2.31 bits per heavy atom. The smallest absolute Gasteiger partial charge is 0.325 e. The summed E-state index contributed by atoms with van der Waals surface area (Å²) in [7, 11) is 0. The number of carbonyl (C=O) groups excluding carboxylic acids is 4. The second-order valence-electron chi connectivity index (χ2n) is 7.96. The summed E-state index contributed by atoms with van der Waals surface area (Å²) in [6, 6.07) is 12.9. The van der Waals surface area contributed by atoms with Gasteiger partial charge in [0.05, 0.1) is 6.54 Å². The van der Waals surface area contributed by atoms with E-state index in [0.717, 1.165) is 28.6 Å². The fourth-order valence-corrected chi connectivity index (χ4v) is 3.82. The van der Waals surface area contributed by atoms with E-state index in [1.807, 2.05) is 0 Å². The Kier molecular flexibility index (Phi) is 7.45. The van der Waals surface area contributed by atoms with Crippen molar-refractivity contribution in [3.8, 4) is 0 Å². The molecule has 0 bridgehead atoms. The van der Waals surface area contributed by atoms with E-state index in [2.05, 4.69) is 33.5 Å². The molecule has 32 heavy (non-hydrogen) atoms. The van der Waals surface area contributed by atoms with Crippen LogP contribution in [-0.4, -0.2) is 35.1 Å². The Labute approximate surface area is 195 Å². The minimum Gasteiger partial charge on any atom is -0.326 e. The van der Waals surface area contributed by atoms with Gasteiger partial charge >= 0.3 is 6.03 Å². The van der Waals surface area contributed by atoms with Crippen molar-refractivity contribution < 1.29 is 19.2 Å². The molecule has 1 unspecified atom stereocenters. The number of ketones is 1. The summed E-state index contributed by atoms with van der Waals surface area (Å²) in [5.41, 5.74) is 0.352. The lowest BCUT2D eigenvalue weighted by molar-refractivity contribution is -0.130.